The summed E-state index contributed by atoms with van der Waals surface area (Å²) in [5.41, 5.74) is 9.24. The van der Waals surface area contributed by atoms with Crippen molar-refractivity contribution in [3.8, 4) is 28.7 Å². The van der Waals surface area contributed by atoms with Gasteiger partial charge in [0.05, 0.1) is 28.1 Å². The highest BCUT2D eigenvalue weighted by atomic mass is 16.5. The van der Waals surface area contributed by atoms with Crippen LogP contribution >= 0.6 is 0 Å². The number of benzene rings is 4. The van der Waals surface area contributed by atoms with Crippen LogP contribution in [0.3, 0.4) is 0 Å². The van der Waals surface area contributed by atoms with E-state index in [0.717, 1.165) is 34.0 Å². The highest BCUT2D eigenvalue weighted by Crippen LogP contribution is 2.64. The number of nitrogens with zero attached hydrogens (tertiary/aromatic N) is 4. The minimum atomic E-state index is 0.0182. The molecule has 50 heavy (non-hydrogen) atoms. The van der Waals surface area contributed by atoms with E-state index in [4.69, 9.17) is 9.72 Å². The van der Waals surface area contributed by atoms with E-state index in [1.807, 2.05) is 12.3 Å². The minimum absolute atomic E-state index is 0.0182. The van der Waals surface area contributed by atoms with Crippen LogP contribution in [0.2, 0.25) is 0 Å². The highest BCUT2D eigenvalue weighted by Gasteiger charge is 2.60. The van der Waals surface area contributed by atoms with Crippen molar-refractivity contribution in [1.82, 2.24) is 14.1 Å². The molecule has 5 nitrogen and oxygen atoms in total. The van der Waals surface area contributed by atoms with Gasteiger partial charge in [0.2, 0.25) is 0 Å². The molecule has 0 saturated heterocycles. The first-order valence-corrected chi connectivity index (χ1v) is 18.3. The van der Waals surface area contributed by atoms with Crippen LogP contribution in [0.15, 0.2) is 116 Å². The second-order valence-electron chi connectivity index (χ2n) is 15.8. The lowest BCUT2D eigenvalue weighted by Gasteiger charge is -2.54. The first-order chi connectivity index (χ1) is 24.3. The van der Waals surface area contributed by atoms with Crippen LogP contribution in [0.5, 0.6) is 11.5 Å². The van der Waals surface area contributed by atoms with E-state index in [-0.39, 0.29) is 16.2 Å². The number of imidazole rings is 1. The smallest absolute Gasteiger partial charge is 0.269 e. The Balaban J connectivity index is 1.05. The van der Waals surface area contributed by atoms with Gasteiger partial charge < -0.3 is 4.74 Å². The van der Waals surface area contributed by atoms with Gasteiger partial charge in [-0.05, 0) is 102 Å². The lowest BCUT2D eigenvalue weighted by Crippen LogP contribution is -2.58. The lowest BCUT2D eigenvalue weighted by molar-refractivity contribution is -0.618. The zero-order valence-electron chi connectivity index (χ0n) is 29.1. The van der Waals surface area contributed by atoms with Crippen molar-refractivity contribution in [3.05, 3.63) is 139 Å². The Hall–Kier alpha value is -5.16. The number of hydrogen-bond donors (Lipinski definition) is 0. The molecule has 4 heterocycles. The van der Waals surface area contributed by atoms with E-state index in [0.29, 0.717) is 0 Å². The molecule has 2 saturated carbocycles. The van der Waals surface area contributed by atoms with Crippen molar-refractivity contribution in [3.63, 3.8) is 0 Å². The van der Waals surface area contributed by atoms with Crippen molar-refractivity contribution >= 4 is 21.8 Å². The van der Waals surface area contributed by atoms with Crippen LogP contribution in [-0.2, 0) is 16.2 Å². The lowest BCUT2D eigenvalue weighted by atomic mass is 9.52. The van der Waals surface area contributed by atoms with Gasteiger partial charge in [-0.15, -0.1) is 0 Å². The second kappa shape index (κ2) is 10.7. The van der Waals surface area contributed by atoms with Crippen molar-refractivity contribution in [2.45, 2.75) is 82.0 Å². The Morgan fingerprint density at radius 3 is 2.38 bits per heavy atom. The third kappa shape index (κ3) is 4.19. The quantitative estimate of drug-likeness (QED) is 0.140. The summed E-state index contributed by atoms with van der Waals surface area (Å²) < 4.78 is 13.5. The van der Waals surface area contributed by atoms with Gasteiger partial charge in [0.1, 0.15) is 17.3 Å². The van der Waals surface area contributed by atoms with Crippen LogP contribution in [0.4, 0.5) is 0 Å². The number of ether oxygens (including phenoxy) is 1. The van der Waals surface area contributed by atoms with Gasteiger partial charge in [0.15, 0.2) is 0 Å². The SMILES string of the molecule is CC(C)(C)c1ccnc(-n2c3ccccc3c3ccc(Oc4cccc(-n5[c-][n+]6c(c5)C57CCCCC5(CCC7)c5ccccc5-6)c4)cc32)c1. The fourth-order valence-corrected chi connectivity index (χ4v) is 9.98. The van der Waals surface area contributed by atoms with Crippen LogP contribution in [0.1, 0.15) is 82.5 Å². The number of hydrogen-bond acceptors (Lipinski definition) is 2. The third-order valence-corrected chi connectivity index (χ3v) is 12.2. The van der Waals surface area contributed by atoms with Crippen molar-refractivity contribution in [2.24, 2.45) is 0 Å². The molecule has 248 valence electrons. The molecule has 2 unspecified atom stereocenters. The Kier molecular flexibility index (Phi) is 6.34. The summed E-state index contributed by atoms with van der Waals surface area (Å²) in [4.78, 5) is 4.85. The summed E-state index contributed by atoms with van der Waals surface area (Å²) in [6.45, 7) is 6.73. The van der Waals surface area contributed by atoms with Gasteiger partial charge in [-0.1, -0.05) is 82.5 Å². The zero-order chi connectivity index (χ0) is 33.7. The molecule has 0 N–H and O–H groups in total. The molecule has 0 amide bonds. The molecule has 3 aromatic heterocycles. The molecule has 2 atom stereocenters. The van der Waals surface area contributed by atoms with Crippen LogP contribution in [0, 0.1) is 6.33 Å². The first-order valence-electron chi connectivity index (χ1n) is 18.3. The highest BCUT2D eigenvalue weighted by molar-refractivity contribution is 6.09. The molecule has 3 aliphatic rings. The van der Waals surface area contributed by atoms with E-state index in [1.165, 1.54) is 78.2 Å². The molecule has 4 aromatic carbocycles. The maximum Gasteiger partial charge on any atom is 0.269 e. The van der Waals surface area contributed by atoms with Crippen molar-refractivity contribution < 1.29 is 9.30 Å². The van der Waals surface area contributed by atoms with Gasteiger partial charge >= 0.3 is 0 Å². The number of fused-ring (bicyclic) bond motifs is 6. The van der Waals surface area contributed by atoms with E-state index in [1.54, 1.807) is 0 Å². The summed E-state index contributed by atoms with van der Waals surface area (Å²) in [5, 5.41) is 2.38. The fourth-order valence-electron chi connectivity index (χ4n) is 9.98. The minimum Gasteiger partial charge on any atom is -0.458 e. The molecule has 2 aliphatic carbocycles. The average Bonchev–Trinajstić information content (AvgIpc) is 3.85. The topological polar surface area (TPSA) is 35.9 Å². The van der Waals surface area contributed by atoms with Gasteiger partial charge in [-0.25, -0.2) is 4.98 Å². The molecular weight excluding hydrogens is 613 g/mol. The zero-order valence-corrected chi connectivity index (χ0v) is 29.1. The second-order valence-corrected chi connectivity index (χ2v) is 15.8. The number of aromatic nitrogens is 4. The van der Waals surface area contributed by atoms with Gasteiger partial charge in [0.25, 0.3) is 6.33 Å². The normalized spacial score (nSPS) is 21.1. The molecule has 5 heteroatoms. The predicted molar refractivity (Wildman–Crippen MR) is 199 cm³/mol. The maximum atomic E-state index is 6.66. The Labute approximate surface area is 293 Å². The molecule has 0 spiro atoms. The largest absolute Gasteiger partial charge is 0.458 e. The summed E-state index contributed by atoms with van der Waals surface area (Å²) >= 11 is 0. The Morgan fingerprint density at radius 2 is 1.48 bits per heavy atom. The van der Waals surface area contributed by atoms with E-state index in [2.05, 4.69) is 144 Å². The van der Waals surface area contributed by atoms with Gasteiger partial charge in [-0.2, -0.15) is 0 Å². The Bertz CT molecular complexity index is 2460. The summed E-state index contributed by atoms with van der Waals surface area (Å²) in [6, 6.07) is 36.9. The average molecular weight is 655 g/mol. The maximum absolute atomic E-state index is 6.66. The molecule has 0 bridgehead atoms. The third-order valence-electron chi connectivity index (χ3n) is 12.2. The van der Waals surface area contributed by atoms with Crippen molar-refractivity contribution in [2.75, 3.05) is 0 Å². The summed E-state index contributed by atoms with van der Waals surface area (Å²) in [5.74, 6) is 2.51. The standard InChI is InChI=1S/C45H42N4O/c1-43(2,3)31-20-25-46-42(26-31)49-38-16-6-4-14-35(38)36-19-18-34(28-40(36)49)50-33-13-10-12-32(27-33)47-29-41-45-22-9-8-21-44(45,23-11-24-45)37-15-5-7-17-39(37)48(41)30-47/h4-7,10,12-20,25-29H,8-9,11,21-24H2,1-3H3. The van der Waals surface area contributed by atoms with E-state index in [9.17, 15) is 0 Å². The summed E-state index contributed by atoms with van der Waals surface area (Å²) in [7, 11) is 0. The van der Waals surface area contributed by atoms with Crippen LogP contribution in [0.25, 0.3) is 39.0 Å². The molecular formula is C45H42N4O. The molecule has 1 aliphatic heterocycles. The summed E-state index contributed by atoms with van der Waals surface area (Å²) in [6.07, 6.45) is 17.1. The van der Waals surface area contributed by atoms with Crippen LogP contribution < -0.4 is 9.30 Å². The first kappa shape index (κ1) is 29.7. The van der Waals surface area contributed by atoms with Gasteiger partial charge in [0, 0.05) is 34.6 Å². The monoisotopic (exact) mass is 654 g/mol. The van der Waals surface area contributed by atoms with E-state index >= 15 is 0 Å². The number of pyridine rings is 1. The molecule has 0 radical (unpaired) electrons. The van der Waals surface area contributed by atoms with E-state index < -0.39 is 0 Å². The van der Waals surface area contributed by atoms with Crippen molar-refractivity contribution in [1.29, 1.82) is 0 Å². The number of rotatable bonds is 4. The number of para-hydroxylation sites is 2. The molecule has 10 rings (SSSR count). The fraction of sp³-hybridized carbons (Fsp3) is 0.289. The van der Waals surface area contributed by atoms with Crippen LogP contribution in [-0.4, -0.2) is 14.1 Å². The molecule has 7 aromatic rings. The molecule has 2 fully saturated rings. The predicted octanol–water partition coefficient (Wildman–Crippen LogP) is 10.4. The Morgan fingerprint density at radius 1 is 0.720 bits per heavy atom. The van der Waals surface area contributed by atoms with Gasteiger partial charge in [-0.3, -0.25) is 13.7 Å².